The van der Waals surface area contributed by atoms with Gasteiger partial charge in [0.15, 0.2) is 0 Å². The van der Waals surface area contributed by atoms with Gasteiger partial charge in [0.2, 0.25) is 0 Å². The molecule has 1 aliphatic carbocycles. The fraction of sp³-hybridized carbons (Fsp3) is 0.409. The van der Waals surface area contributed by atoms with Crippen molar-refractivity contribution in [3.63, 3.8) is 0 Å². The summed E-state index contributed by atoms with van der Waals surface area (Å²) in [6.07, 6.45) is 11.7. The zero-order chi connectivity index (χ0) is 19.2. The molecule has 4 rings (SSSR count). The van der Waals surface area contributed by atoms with Crippen molar-refractivity contribution in [2.24, 2.45) is 0 Å². The maximum atomic E-state index is 12.5. The van der Waals surface area contributed by atoms with Crippen LogP contribution in [0.15, 0.2) is 42.9 Å². The van der Waals surface area contributed by atoms with E-state index < -0.39 is 0 Å². The number of benzene rings is 1. The number of rotatable bonds is 6. The largest absolute Gasteiger partial charge is 0.367 e. The number of aromatic amines is 1. The minimum atomic E-state index is -0.161. The quantitative estimate of drug-likeness (QED) is 0.566. The first-order valence-corrected chi connectivity index (χ1v) is 10.2. The van der Waals surface area contributed by atoms with Gasteiger partial charge in [-0.2, -0.15) is 0 Å². The lowest BCUT2D eigenvalue weighted by molar-refractivity contribution is 0.0949. The van der Waals surface area contributed by atoms with Gasteiger partial charge < -0.3 is 15.6 Å². The summed E-state index contributed by atoms with van der Waals surface area (Å²) >= 11 is 0. The fourth-order valence-electron chi connectivity index (χ4n) is 3.93. The summed E-state index contributed by atoms with van der Waals surface area (Å²) in [4.78, 5) is 24.2. The summed E-state index contributed by atoms with van der Waals surface area (Å²) < 4.78 is 0. The third kappa shape index (κ3) is 4.50. The van der Waals surface area contributed by atoms with E-state index in [1.54, 1.807) is 6.07 Å². The molecule has 2 heterocycles. The van der Waals surface area contributed by atoms with Crippen LogP contribution in [0.5, 0.6) is 0 Å². The van der Waals surface area contributed by atoms with Crippen molar-refractivity contribution in [1.82, 2.24) is 20.3 Å². The SMILES string of the molecule is O=C(NCCc1c[nH]c2ccccc12)c1cc(NC2CCCCCC2)ncn1. The Bertz CT molecular complexity index is 927. The molecule has 0 bridgehead atoms. The zero-order valence-electron chi connectivity index (χ0n) is 16.1. The Morgan fingerprint density at radius 3 is 2.79 bits per heavy atom. The molecule has 1 fully saturated rings. The third-order valence-corrected chi connectivity index (χ3v) is 5.46. The molecule has 0 unspecified atom stereocenters. The van der Waals surface area contributed by atoms with Gasteiger partial charge in [-0.15, -0.1) is 0 Å². The van der Waals surface area contributed by atoms with Gasteiger partial charge in [0, 0.05) is 35.8 Å². The number of carbonyl (C=O) groups is 1. The smallest absolute Gasteiger partial charge is 0.270 e. The highest BCUT2D eigenvalue weighted by Crippen LogP contribution is 2.20. The third-order valence-electron chi connectivity index (χ3n) is 5.46. The Kier molecular flexibility index (Phi) is 5.85. The summed E-state index contributed by atoms with van der Waals surface area (Å²) in [6, 6.07) is 10.4. The number of amides is 1. The first-order valence-electron chi connectivity index (χ1n) is 10.2. The van der Waals surface area contributed by atoms with Gasteiger partial charge in [0.05, 0.1) is 0 Å². The maximum absolute atomic E-state index is 12.5. The number of fused-ring (bicyclic) bond motifs is 1. The Hall–Kier alpha value is -2.89. The lowest BCUT2D eigenvalue weighted by Crippen LogP contribution is -2.27. The number of carbonyl (C=O) groups excluding carboxylic acids is 1. The minimum Gasteiger partial charge on any atom is -0.367 e. The van der Waals surface area contributed by atoms with Gasteiger partial charge >= 0.3 is 0 Å². The Morgan fingerprint density at radius 1 is 1.11 bits per heavy atom. The summed E-state index contributed by atoms with van der Waals surface area (Å²) in [5.74, 6) is 0.579. The fourth-order valence-corrected chi connectivity index (χ4v) is 3.93. The molecule has 0 spiro atoms. The number of H-pyrrole nitrogens is 1. The predicted octanol–water partition coefficient (Wildman–Crippen LogP) is 4.07. The van der Waals surface area contributed by atoms with E-state index in [0.717, 1.165) is 30.6 Å². The number of hydrogen-bond acceptors (Lipinski definition) is 4. The molecule has 0 saturated heterocycles. The van der Waals surface area contributed by atoms with Gasteiger partial charge in [-0.05, 0) is 30.9 Å². The van der Waals surface area contributed by atoms with Gasteiger partial charge in [0.1, 0.15) is 17.8 Å². The number of nitrogens with one attached hydrogen (secondary N) is 3. The summed E-state index contributed by atoms with van der Waals surface area (Å²) in [6.45, 7) is 0.566. The number of nitrogens with zero attached hydrogens (tertiary/aromatic N) is 2. The van der Waals surface area contributed by atoms with E-state index in [0.29, 0.717) is 18.3 Å². The van der Waals surface area contributed by atoms with Crippen molar-refractivity contribution in [2.75, 3.05) is 11.9 Å². The second-order valence-electron chi connectivity index (χ2n) is 7.49. The molecule has 1 aliphatic rings. The van der Waals surface area contributed by atoms with E-state index in [2.05, 4.69) is 37.7 Å². The van der Waals surface area contributed by atoms with Crippen LogP contribution in [0.2, 0.25) is 0 Å². The second kappa shape index (κ2) is 8.87. The van der Waals surface area contributed by atoms with E-state index in [1.807, 2.05) is 18.3 Å². The van der Waals surface area contributed by atoms with Crippen molar-refractivity contribution in [1.29, 1.82) is 0 Å². The summed E-state index contributed by atoms with van der Waals surface area (Å²) in [7, 11) is 0. The molecular formula is C22H27N5O. The summed E-state index contributed by atoms with van der Waals surface area (Å²) in [5.41, 5.74) is 2.73. The molecule has 2 aromatic heterocycles. The zero-order valence-corrected chi connectivity index (χ0v) is 16.1. The molecule has 0 aliphatic heterocycles. The Labute approximate surface area is 165 Å². The monoisotopic (exact) mass is 377 g/mol. The second-order valence-corrected chi connectivity index (χ2v) is 7.49. The molecule has 6 nitrogen and oxygen atoms in total. The van der Waals surface area contributed by atoms with Crippen LogP contribution in [0.25, 0.3) is 10.9 Å². The van der Waals surface area contributed by atoms with Crippen LogP contribution in [-0.2, 0) is 6.42 Å². The predicted molar refractivity (Wildman–Crippen MR) is 111 cm³/mol. The number of aromatic nitrogens is 3. The van der Waals surface area contributed by atoms with Crippen LogP contribution in [0.3, 0.4) is 0 Å². The number of para-hydroxylation sites is 1. The lowest BCUT2D eigenvalue weighted by atomic mass is 10.1. The van der Waals surface area contributed by atoms with E-state index in [1.165, 1.54) is 43.0 Å². The van der Waals surface area contributed by atoms with E-state index in [9.17, 15) is 4.79 Å². The molecule has 3 aromatic rings. The average molecular weight is 377 g/mol. The normalized spacial score (nSPS) is 15.3. The van der Waals surface area contributed by atoms with Gasteiger partial charge in [-0.1, -0.05) is 43.9 Å². The molecule has 1 saturated carbocycles. The average Bonchev–Trinajstić information content (AvgIpc) is 2.95. The highest BCUT2D eigenvalue weighted by molar-refractivity contribution is 5.92. The lowest BCUT2D eigenvalue weighted by Gasteiger charge is -2.16. The topological polar surface area (TPSA) is 82.7 Å². The molecule has 3 N–H and O–H groups in total. The van der Waals surface area contributed by atoms with Gasteiger partial charge in [0.25, 0.3) is 5.91 Å². The molecule has 28 heavy (non-hydrogen) atoms. The van der Waals surface area contributed by atoms with E-state index in [-0.39, 0.29) is 5.91 Å². The molecule has 1 amide bonds. The standard InChI is InChI=1S/C22H27N5O/c28-22(23-12-11-16-14-24-19-10-6-5-9-18(16)19)20-13-21(26-15-25-20)27-17-7-3-1-2-4-8-17/h5-6,9-10,13-15,17,24H,1-4,7-8,11-12H2,(H,23,28)(H,25,26,27). The van der Waals surface area contributed by atoms with Crippen LogP contribution in [0.1, 0.15) is 54.6 Å². The highest BCUT2D eigenvalue weighted by Gasteiger charge is 2.14. The molecular weight excluding hydrogens is 350 g/mol. The van der Waals surface area contributed by atoms with Gasteiger partial charge in [-0.25, -0.2) is 9.97 Å². The van der Waals surface area contributed by atoms with Crippen molar-refractivity contribution in [2.45, 2.75) is 51.0 Å². The van der Waals surface area contributed by atoms with E-state index in [4.69, 9.17) is 0 Å². The first kappa shape index (κ1) is 18.5. The summed E-state index contributed by atoms with van der Waals surface area (Å²) in [5, 5.41) is 7.65. The molecule has 1 aromatic carbocycles. The van der Waals surface area contributed by atoms with Crippen LogP contribution in [0, 0.1) is 0 Å². The molecule has 146 valence electrons. The minimum absolute atomic E-state index is 0.161. The Morgan fingerprint density at radius 2 is 1.93 bits per heavy atom. The molecule has 6 heteroatoms. The highest BCUT2D eigenvalue weighted by atomic mass is 16.1. The molecule has 0 atom stereocenters. The first-order chi connectivity index (χ1) is 13.8. The van der Waals surface area contributed by atoms with Crippen LogP contribution in [0.4, 0.5) is 5.82 Å². The van der Waals surface area contributed by atoms with Crippen LogP contribution in [-0.4, -0.2) is 33.4 Å². The number of anilines is 1. The van der Waals surface area contributed by atoms with Crippen molar-refractivity contribution >= 4 is 22.6 Å². The molecule has 0 radical (unpaired) electrons. The Balaban J connectivity index is 1.33. The van der Waals surface area contributed by atoms with Crippen molar-refractivity contribution < 1.29 is 4.79 Å². The van der Waals surface area contributed by atoms with E-state index >= 15 is 0 Å². The van der Waals surface area contributed by atoms with Gasteiger partial charge in [-0.3, -0.25) is 4.79 Å². The maximum Gasteiger partial charge on any atom is 0.270 e. The van der Waals surface area contributed by atoms with Crippen molar-refractivity contribution in [3.05, 3.63) is 54.1 Å². The van der Waals surface area contributed by atoms with Crippen LogP contribution < -0.4 is 10.6 Å². The number of hydrogen-bond donors (Lipinski definition) is 3. The van der Waals surface area contributed by atoms with Crippen LogP contribution >= 0.6 is 0 Å². The van der Waals surface area contributed by atoms with Crippen molar-refractivity contribution in [3.8, 4) is 0 Å².